The van der Waals surface area contributed by atoms with E-state index in [0.29, 0.717) is 17.4 Å². The van der Waals surface area contributed by atoms with Crippen molar-refractivity contribution in [3.63, 3.8) is 0 Å². The highest BCUT2D eigenvalue weighted by Crippen LogP contribution is 2.22. The lowest BCUT2D eigenvalue weighted by Gasteiger charge is -2.04. The molecule has 3 rings (SSSR count). The summed E-state index contributed by atoms with van der Waals surface area (Å²) in [7, 11) is 0. The van der Waals surface area contributed by atoms with E-state index in [9.17, 15) is 4.79 Å². The number of hydrogen-bond donors (Lipinski definition) is 1. The van der Waals surface area contributed by atoms with Crippen molar-refractivity contribution in [3.8, 4) is 11.4 Å². The predicted molar refractivity (Wildman–Crippen MR) is 102 cm³/mol. The van der Waals surface area contributed by atoms with Crippen molar-refractivity contribution in [2.24, 2.45) is 0 Å². The Morgan fingerprint density at radius 3 is 2.72 bits per heavy atom. The number of carbonyl (C=O) groups is 1. The highest BCUT2D eigenvalue weighted by Gasteiger charge is 2.12. The van der Waals surface area contributed by atoms with Crippen LogP contribution < -0.4 is 5.84 Å². The van der Waals surface area contributed by atoms with Gasteiger partial charge in [-0.3, -0.25) is 9.78 Å². The van der Waals surface area contributed by atoms with E-state index in [1.807, 2.05) is 36.4 Å². The number of benzene rings is 1. The summed E-state index contributed by atoms with van der Waals surface area (Å²) < 4.78 is 2.42. The second-order valence-corrected chi connectivity index (χ2v) is 7.28. The van der Waals surface area contributed by atoms with Gasteiger partial charge >= 0.3 is 0 Å². The molecule has 0 aliphatic rings. The van der Waals surface area contributed by atoms with Gasteiger partial charge in [0.25, 0.3) is 0 Å². The molecule has 0 fully saturated rings. The molecule has 25 heavy (non-hydrogen) atoms. The van der Waals surface area contributed by atoms with Gasteiger partial charge in [0.05, 0.1) is 0 Å². The van der Waals surface area contributed by atoms with Gasteiger partial charge in [0, 0.05) is 40.2 Å². The molecule has 6 nitrogen and oxygen atoms in total. The molecule has 3 aromatic rings. The average Bonchev–Trinajstić information content (AvgIpc) is 3.00. The Morgan fingerprint density at radius 2 is 2.00 bits per heavy atom. The maximum absolute atomic E-state index is 12.1. The highest BCUT2D eigenvalue weighted by molar-refractivity contribution is 9.10. The van der Waals surface area contributed by atoms with Crippen molar-refractivity contribution in [1.82, 2.24) is 19.9 Å². The molecular weight excluding hydrogens is 402 g/mol. The van der Waals surface area contributed by atoms with Crippen LogP contribution in [0.4, 0.5) is 0 Å². The molecule has 0 aliphatic heterocycles. The lowest BCUT2D eigenvalue weighted by molar-refractivity contribution is 0.0982. The van der Waals surface area contributed by atoms with Crippen LogP contribution in [0.25, 0.3) is 11.4 Å². The summed E-state index contributed by atoms with van der Waals surface area (Å²) in [6.45, 7) is 0. The smallest absolute Gasteiger partial charge is 0.210 e. The van der Waals surface area contributed by atoms with Gasteiger partial charge in [-0.05, 0) is 30.7 Å². The SMILES string of the molecule is Nn1c(SCCCC(=O)c2ccc(Br)cc2)nnc1-c1cccnc1. The Bertz CT molecular complexity index is 851. The second-order valence-electron chi connectivity index (χ2n) is 5.30. The summed E-state index contributed by atoms with van der Waals surface area (Å²) >= 11 is 4.85. The van der Waals surface area contributed by atoms with Crippen LogP contribution in [0, 0.1) is 0 Å². The first kappa shape index (κ1) is 17.6. The molecule has 0 aliphatic carbocycles. The number of aromatic nitrogens is 4. The maximum atomic E-state index is 12.1. The first-order valence-electron chi connectivity index (χ1n) is 7.67. The number of nitrogens with two attached hydrogens (primary N) is 1. The molecule has 0 amide bonds. The zero-order chi connectivity index (χ0) is 17.6. The quantitative estimate of drug-likeness (QED) is 0.273. The number of ketones is 1. The van der Waals surface area contributed by atoms with E-state index in [2.05, 4.69) is 31.1 Å². The number of pyridine rings is 1. The van der Waals surface area contributed by atoms with Gasteiger partial charge in [-0.15, -0.1) is 10.2 Å². The molecule has 128 valence electrons. The fourth-order valence-electron chi connectivity index (χ4n) is 2.24. The highest BCUT2D eigenvalue weighted by atomic mass is 79.9. The van der Waals surface area contributed by atoms with Crippen molar-refractivity contribution >= 4 is 33.5 Å². The van der Waals surface area contributed by atoms with Crippen molar-refractivity contribution in [2.45, 2.75) is 18.0 Å². The van der Waals surface area contributed by atoms with Gasteiger partial charge in [-0.2, -0.15) is 0 Å². The minimum atomic E-state index is 0.137. The van der Waals surface area contributed by atoms with E-state index in [0.717, 1.165) is 27.8 Å². The minimum Gasteiger partial charge on any atom is -0.335 e. The second kappa shape index (κ2) is 8.26. The van der Waals surface area contributed by atoms with Crippen molar-refractivity contribution < 1.29 is 4.79 Å². The fourth-order valence-corrected chi connectivity index (χ4v) is 3.30. The third-order valence-corrected chi connectivity index (χ3v) is 5.09. The van der Waals surface area contributed by atoms with Crippen LogP contribution in [0.5, 0.6) is 0 Å². The minimum absolute atomic E-state index is 0.137. The lowest BCUT2D eigenvalue weighted by atomic mass is 10.1. The van der Waals surface area contributed by atoms with Crippen molar-refractivity contribution in [3.05, 3.63) is 58.8 Å². The van der Waals surface area contributed by atoms with Crippen LogP contribution in [0.15, 0.2) is 58.4 Å². The molecule has 2 heterocycles. The molecule has 0 bridgehead atoms. The van der Waals surface area contributed by atoms with E-state index in [1.165, 1.54) is 16.4 Å². The van der Waals surface area contributed by atoms with E-state index < -0.39 is 0 Å². The fraction of sp³-hybridized carbons (Fsp3) is 0.176. The van der Waals surface area contributed by atoms with Gasteiger partial charge in [0.15, 0.2) is 11.6 Å². The molecule has 2 N–H and O–H groups in total. The lowest BCUT2D eigenvalue weighted by Crippen LogP contribution is -2.11. The predicted octanol–water partition coefficient (Wildman–Crippen LogP) is 3.57. The number of thioether (sulfide) groups is 1. The third kappa shape index (κ3) is 4.46. The number of halogens is 1. The molecule has 8 heteroatoms. The van der Waals surface area contributed by atoms with Gasteiger partial charge < -0.3 is 5.84 Å². The molecule has 0 radical (unpaired) electrons. The Kier molecular flexibility index (Phi) is 5.83. The summed E-state index contributed by atoms with van der Waals surface area (Å²) in [5, 5.41) is 8.84. The molecule has 0 saturated heterocycles. The summed E-state index contributed by atoms with van der Waals surface area (Å²) in [5.74, 6) is 7.50. The van der Waals surface area contributed by atoms with Gasteiger partial charge in [0.1, 0.15) is 0 Å². The molecule has 1 aromatic carbocycles. The van der Waals surface area contributed by atoms with Crippen molar-refractivity contribution in [1.29, 1.82) is 0 Å². The van der Waals surface area contributed by atoms with E-state index in [-0.39, 0.29) is 5.78 Å². The normalized spacial score (nSPS) is 10.8. The standard InChI is InChI=1S/C17H16BrN5OS/c18-14-7-5-12(6-8-14)15(24)4-2-10-25-17-22-21-16(23(17)19)13-3-1-9-20-11-13/h1,3,5-9,11H,2,4,10,19H2. The van der Waals surface area contributed by atoms with Gasteiger partial charge in [-0.1, -0.05) is 39.8 Å². The summed E-state index contributed by atoms with van der Waals surface area (Å²) in [5.41, 5.74) is 1.55. The number of Topliss-reactive ketones (excluding diaryl/α,β-unsaturated/α-hetero) is 1. The molecule has 0 atom stereocenters. The van der Waals surface area contributed by atoms with Crippen LogP contribution in [0.2, 0.25) is 0 Å². The van der Waals surface area contributed by atoms with E-state index >= 15 is 0 Å². The van der Waals surface area contributed by atoms with Crippen LogP contribution in [-0.4, -0.2) is 31.4 Å². The summed E-state index contributed by atoms with van der Waals surface area (Å²) in [6.07, 6.45) is 4.62. The Labute approximate surface area is 158 Å². The van der Waals surface area contributed by atoms with Crippen LogP contribution >= 0.6 is 27.7 Å². The van der Waals surface area contributed by atoms with Crippen LogP contribution in [0.3, 0.4) is 0 Å². The molecular formula is C17H16BrN5OS. The third-order valence-electron chi connectivity index (χ3n) is 3.53. The van der Waals surface area contributed by atoms with Crippen molar-refractivity contribution in [2.75, 3.05) is 11.6 Å². The Morgan fingerprint density at radius 1 is 1.20 bits per heavy atom. The summed E-state index contributed by atoms with van der Waals surface area (Å²) in [4.78, 5) is 16.2. The van der Waals surface area contributed by atoms with E-state index in [4.69, 9.17) is 5.84 Å². The molecule has 0 unspecified atom stereocenters. The maximum Gasteiger partial charge on any atom is 0.210 e. The number of nitrogens with zero attached hydrogens (tertiary/aromatic N) is 4. The Hall–Kier alpha value is -2.19. The molecule has 0 spiro atoms. The average molecular weight is 418 g/mol. The zero-order valence-corrected chi connectivity index (χ0v) is 15.7. The molecule has 2 aromatic heterocycles. The topological polar surface area (TPSA) is 86.7 Å². The summed E-state index contributed by atoms with van der Waals surface area (Å²) in [6, 6.07) is 11.1. The molecule has 0 saturated carbocycles. The van der Waals surface area contributed by atoms with Crippen LogP contribution in [-0.2, 0) is 0 Å². The first-order valence-corrected chi connectivity index (χ1v) is 9.45. The van der Waals surface area contributed by atoms with Gasteiger partial charge in [-0.25, -0.2) is 4.68 Å². The monoisotopic (exact) mass is 417 g/mol. The zero-order valence-electron chi connectivity index (χ0n) is 13.3. The number of hydrogen-bond acceptors (Lipinski definition) is 6. The van der Waals surface area contributed by atoms with Crippen LogP contribution in [0.1, 0.15) is 23.2 Å². The first-order chi connectivity index (χ1) is 12.1. The van der Waals surface area contributed by atoms with E-state index in [1.54, 1.807) is 12.4 Å². The number of carbonyl (C=O) groups excluding carboxylic acids is 1. The van der Waals surface area contributed by atoms with Gasteiger partial charge in [0.2, 0.25) is 5.16 Å². The number of nitrogen functional groups attached to an aromatic ring is 1. The Balaban J connectivity index is 1.52. The largest absolute Gasteiger partial charge is 0.335 e. The number of rotatable bonds is 7.